The van der Waals surface area contributed by atoms with E-state index in [2.05, 4.69) is 9.47 Å². The Kier molecular flexibility index (Phi) is 11.3. The highest BCUT2D eigenvalue weighted by atomic mass is 16.6. The van der Waals surface area contributed by atoms with Crippen LogP contribution >= 0.6 is 0 Å². The minimum Gasteiger partial charge on any atom is -0.465 e. The molecule has 0 rings (SSSR count). The maximum absolute atomic E-state index is 12.2. The fourth-order valence-corrected chi connectivity index (χ4v) is 2.03. The lowest BCUT2D eigenvalue weighted by Gasteiger charge is -2.18. The lowest BCUT2D eigenvalue weighted by atomic mass is 9.88. The number of esters is 4. The molecule has 0 spiro atoms. The van der Waals surface area contributed by atoms with Crippen molar-refractivity contribution in [1.29, 1.82) is 0 Å². The highest BCUT2D eigenvalue weighted by Crippen LogP contribution is 2.20. The number of hydrogen-bond acceptors (Lipinski definition) is 10. The molecule has 0 fully saturated rings. The second kappa shape index (κ2) is 12.6. The van der Waals surface area contributed by atoms with Gasteiger partial charge < -0.3 is 18.9 Å². The van der Waals surface area contributed by atoms with Crippen LogP contribution in [0.3, 0.4) is 0 Å². The SMILES string of the molecule is CCOC(=O)C(=O)C(CC(C(=O)OCC)C(=O)C(=O)OCC)C(=O)OCC. The second-order valence-corrected chi connectivity index (χ2v) is 5.01. The van der Waals surface area contributed by atoms with Crippen LogP contribution in [0.15, 0.2) is 0 Å². The molecular formula is C17H24O10. The number of carbonyl (C=O) groups is 6. The third kappa shape index (κ3) is 7.55. The van der Waals surface area contributed by atoms with Crippen molar-refractivity contribution in [3.8, 4) is 0 Å². The first-order chi connectivity index (χ1) is 12.7. The largest absolute Gasteiger partial charge is 0.465 e. The van der Waals surface area contributed by atoms with Crippen molar-refractivity contribution in [2.24, 2.45) is 11.8 Å². The Hall–Kier alpha value is -2.78. The molecule has 0 heterocycles. The van der Waals surface area contributed by atoms with Crippen LogP contribution in [0.25, 0.3) is 0 Å². The molecule has 0 radical (unpaired) electrons. The molecule has 0 bridgehead atoms. The Bertz CT molecular complexity index is 530. The Morgan fingerprint density at radius 1 is 0.556 bits per heavy atom. The number of ether oxygens (including phenoxy) is 4. The standard InChI is InChI=1S/C17H24O10/c1-5-24-14(20)10(12(18)16(22)26-7-3)9-11(15(21)25-6-2)13(19)17(23)27-8-4/h10-11H,5-9H2,1-4H3. The van der Waals surface area contributed by atoms with E-state index in [1.165, 1.54) is 27.7 Å². The van der Waals surface area contributed by atoms with Crippen LogP contribution in [0.1, 0.15) is 34.1 Å². The summed E-state index contributed by atoms with van der Waals surface area (Å²) in [6.45, 7) is 5.38. The van der Waals surface area contributed by atoms with Gasteiger partial charge in [-0.1, -0.05) is 0 Å². The highest BCUT2D eigenvalue weighted by molar-refractivity contribution is 6.39. The van der Waals surface area contributed by atoms with E-state index >= 15 is 0 Å². The number of hydrogen-bond donors (Lipinski definition) is 0. The summed E-state index contributed by atoms with van der Waals surface area (Å²) in [5.41, 5.74) is 0. The summed E-state index contributed by atoms with van der Waals surface area (Å²) in [5, 5.41) is 0. The van der Waals surface area contributed by atoms with Crippen LogP contribution in [0.2, 0.25) is 0 Å². The normalized spacial score (nSPS) is 12.3. The molecule has 10 nitrogen and oxygen atoms in total. The third-order valence-corrected chi connectivity index (χ3v) is 3.20. The molecule has 2 atom stereocenters. The van der Waals surface area contributed by atoms with Gasteiger partial charge in [0.05, 0.1) is 26.4 Å². The molecule has 0 aliphatic heterocycles. The molecular weight excluding hydrogens is 364 g/mol. The van der Waals surface area contributed by atoms with Gasteiger partial charge in [0.25, 0.3) is 11.6 Å². The molecule has 0 aromatic heterocycles. The van der Waals surface area contributed by atoms with Gasteiger partial charge >= 0.3 is 23.9 Å². The van der Waals surface area contributed by atoms with Crippen LogP contribution in [-0.4, -0.2) is 61.9 Å². The quantitative estimate of drug-likeness (QED) is 0.194. The first kappa shape index (κ1) is 24.2. The van der Waals surface area contributed by atoms with Crippen molar-refractivity contribution in [2.75, 3.05) is 26.4 Å². The number of ketones is 2. The minimum absolute atomic E-state index is 0.110. The van der Waals surface area contributed by atoms with E-state index in [9.17, 15) is 28.8 Å². The molecule has 152 valence electrons. The molecule has 27 heavy (non-hydrogen) atoms. The summed E-state index contributed by atoms with van der Waals surface area (Å²) in [5.74, 6) is -11.1. The van der Waals surface area contributed by atoms with Gasteiger partial charge in [0.15, 0.2) is 0 Å². The zero-order valence-corrected chi connectivity index (χ0v) is 15.8. The van der Waals surface area contributed by atoms with Crippen LogP contribution in [0.5, 0.6) is 0 Å². The highest BCUT2D eigenvalue weighted by Gasteiger charge is 2.43. The van der Waals surface area contributed by atoms with Crippen molar-refractivity contribution in [1.82, 2.24) is 0 Å². The van der Waals surface area contributed by atoms with Crippen molar-refractivity contribution < 1.29 is 47.7 Å². The van der Waals surface area contributed by atoms with E-state index in [0.29, 0.717) is 0 Å². The lowest BCUT2D eigenvalue weighted by molar-refractivity contribution is -0.166. The first-order valence-electron chi connectivity index (χ1n) is 8.50. The lowest BCUT2D eigenvalue weighted by Crippen LogP contribution is -2.40. The second-order valence-electron chi connectivity index (χ2n) is 5.01. The average molecular weight is 388 g/mol. The van der Waals surface area contributed by atoms with Crippen molar-refractivity contribution in [3.63, 3.8) is 0 Å². The van der Waals surface area contributed by atoms with Gasteiger partial charge in [-0.05, 0) is 34.1 Å². The van der Waals surface area contributed by atoms with E-state index < -0.39 is 53.7 Å². The van der Waals surface area contributed by atoms with E-state index in [1.54, 1.807) is 0 Å². The summed E-state index contributed by atoms with van der Waals surface area (Å²) in [7, 11) is 0. The summed E-state index contributed by atoms with van der Waals surface area (Å²) in [6.07, 6.45) is -0.785. The zero-order valence-electron chi connectivity index (χ0n) is 15.8. The Morgan fingerprint density at radius 3 is 1.11 bits per heavy atom. The van der Waals surface area contributed by atoms with E-state index in [1.807, 2.05) is 0 Å². The van der Waals surface area contributed by atoms with Gasteiger partial charge in [0, 0.05) is 0 Å². The van der Waals surface area contributed by atoms with Crippen LogP contribution in [-0.2, 0) is 47.7 Å². The van der Waals surface area contributed by atoms with Gasteiger partial charge in [-0.25, -0.2) is 9.59 Å². The molecule has 0 saturated carbocycles. The van der Waals surface area contributed by atoms with E-state index in [-0.39, 0.29) is 26.4 Å². The van der Waals surface area contributed by atoms with Crippen LogP contribution in [0, 0.1) is 11.8 Å². The molecule has 0 aromatic rings. The molecule has 0 aliphatic rings. The molecule has 0 aromatic carbocycles. The summed E-state index contributed by atoms with van der Waals surface area (Å²) >= 11 is 0. The molecule has 0 saturated heterocycles. The van der Waals surface area contributed by atoms with Crippen molar-refractivity contribution in [2.45, 2.75) is 34.1 Å². The molecule has 10 heteroatoms. The van der Waals surface area contributed by atoms with E-state index in [0.717, 1.165) is 0 Å². The van der Waals surface area contributed by atoms with Crippen LogP contribution < -0.4 is 0 Å². The first-order valence-corrected chi connectivity index (χ1v) is 8.50. The average Bonchev–Trinajstić information content (AvgIpc) is 2.62. The number of Topliss-reactive ketones (excluding diaryl/α,β-unsaturated/α-hetero) is 2. The fourth-order valence-electron chi connectivity index (χ4n) is 2.03. The molecule has 0 aliphatic carbocycles. The third-order valence-electron chi connectivity index (χ3n) is 3.20. The number of carbonyl (C=O) groups excluding carboxylic acids is 6. The smallest absolute Gasteiger partial charge is 0.375 e. The van der Waals surface area contributed by atoms with Gasteiger partial charge in [0.2, 0.25) is 0 Å². The van der Waals surface area contributed by atoms with Crippen molar-refractivity contribution >= 4 is 35.4 Å². The summed E-state index contributed by atoms with van der Waals surface area (Å²) in [4.78, 5) is 72.1. The van der Waals surface area contributed by atoms with Crippen LogP contribution in [0.4, 0.5) is 0 Å². The van der Waals surface area contributed by atoms with Crippen molar-refractivity contribution in [3.05, 3.63) is 0 Å². The summed E-state index contributed by atoms with van der Waals surface area (Å²) < 4.78 is 18.6. The topological polar surface area (TPSA) is 139 Å². The Labute approximate surface area is 156 Å². The Balaban J connectivity index is 5.74. The fraction of sp³-hybridized carbons (Fsp3) is 0.647. The van der Waals surface area contributed by atoms with Gasteiger partial charge in [0.1, 0.15) is 11.8 Å². The number of rotatable bonds is 12. The van der Waals surface area contributed by atoms with Gasteiger partial charge in [-0.2, -0.15) is 0 Å². The molecule has 0 N–H and O–H groups in total. The molecule has 2 unspecified atom stereocenters. The maximum Gasteiger partial charge on any atom is 0.375 e. The van der Waals surface area contributed by atoms with Gasteiger partial charge in [-0.15, -0.1) is 0 Å². The minimum atomic E-state index is -1.81. The predicted molar refractivity (Wildman–Crippen MR) is 88.1 cm³/mol. The van der Waals surface area contributed by atoms with E-state index in [4.69, 9.17) is 9.47 Å². The monoisotopic (exact) mass is 388 g/mol. The molecule has 0 amide bonds. The Morgan fingerprint density at radius 2 is 0.852 bits per heavy atom. The van der Waals surface area contributed by atoms with Gasteiger partial charge in [-0.3, -0.25) is 19.2 Å². The predicted octanol–water partition coefficient (Wildman–Crippen LogP) is -0.000500. The maximum atomic E-state index is 12.2. The summed E-state index contributed by atoms with van der Waals surface area (Å²) in [6, 6.07) is 0. The zero-order chi connectivity index (χ0) is 21.0.